The van der Waals surface area contributed by atoms with E-state index in [-0.39, 0.29) is 25.1 Å². The second-order valence-corrected chi connectivity index (χ2v) is 4.30. The molecule has 1 amide bonds. The summed E-state index contributed by atoms with van der Waals surface area (Å²) in [6.07, 6.45) is 5.05. The number of nitrogens with one attached hydrogen (secondary N) is 2. The number of hydrogen-bond acceptors (Lipinski definition) is 3. The summed E-state index contributed by atoms with van der Waals surface area (Å²) in [6.45, 7) is 4.24. The van der Waals surface area contributed by atoms with Crippen molar-refractivity contribution in [3.63, 3.8) is 0 Å². The van der Waals surface area contributed by atoms with Gasteiger partial charge in [-0.25, -0.2) is 0 Å². The van der Waals surface area contributed by atoms with Crippen LogP contribution in [0.15, 0.2) is 18.2 Å². The van der Waals surface area contributed by atoms with Crippen LogP contribution in [0.5, 0.6) is 5.75 Å². The third-order valence-electron chi connectivity index (χ3n) is 2.88. The Kier molecular flexibility index (Phi) is 5.91. The first-order valence-corrected chi connectivity index (χ1v) is 6.19. The fourth-order valence-corrected chi connectivity index (χ4v) is 1.61. The van der Waals surface area contributed by atoms with Crippen LogP contribution in [0.2, 0.25) is 0 Å². The third kappa shape index (κ3) is 4.65. The fraction of sp³-hybridized carbons (Fsp3) is 0.400. The first-order valence-electron chi connectivity index (χ1n) is 6.19. The maximum Gasteiger partial charge on any atom is 0.258 e. The van der Waals surface area contributed by atoms with E-state index in [0.717, 1.165) is 5.56 Å². The van der Waals surface area contributed by atoms with Gasteiger partial charge in [0.15, 0.2) is 6.61 Å². The Morgan fingerprint density at radius 3 is 2.84 bits per heavy atom. The van der Waals surface area contributed by atoms with E-state index in [1.165, 1.54) is 5.56 Å². The minimum Gasteiger partial charge on any atom is -0.484 e. The van der Waals surface area contributed by atoms with Crippen molar-refractivity contribution < 1.29 is 9.53 Å². The molecule has 0 aromatic heterocycles. The first kappa shape index (κ1) is 15.1. The highest BCUT2D eigenvalue weighted by Gasteiger charge is 2.07. The topological polar surface area (TPSA) is 50.4 Å². The van der Waals surface area contributed by atoms with Gasteiger partial charge < -0.3 is 15.4 Å². The molecule has 0 spiro atoms. The lowest BCUT2D eigenvalue weighted by Gasteiger charge is -2.14. The van der Waals surface area contributed by atoms with Crippen molar-refractivity contribution in [3.8, 4) is 18.1 Å². The SMILES string of the molecule is C#CCNC(=O)COc1ccc(C(C)NC)cc1C. The van der Waals surface area contributed by atoms with E-state index < -0.39 is 0 Å². The standard InChI is InChI=1S/C15H20N2O2/c1-5-8-17-15(18)10-19-14-7-6-13(9-11(14)2)12(3)16-4/h1,6-7,9,12,16H,8,10H2,2-4H3,(H,17,18). The fourth-order valence-electron chi connectivity index (χ4n) is 1.61. The van der Waals surface area contributed by atoms with E-state index in [1.807, 2.05) is 26.1 Å². The number of rotatable bonds is 6. The smallest absolute Gasteiger partial charge is 0.258 e. The summed E-state index contributed by atoms with van der Waals surface area (Å²) >= 11 is 0. The zero-order valence-corrected chi connectivity index (χ0v) is 11.6. The molecule has 102 valence electrons. The number of benzene rings is 1. The lowest BCUT2D eigenvalue weighted by molar-refractivity contribution is -0.122. The molecule has 0 aliphatic carbocycles. The van der Waals surface area contributed by atoms with Gasteiger partial charge in [0.1, 0.15) is 5.75 Å². The molecule has 0 aliphatic heterocycles. The molecule has 1 atom stereocenters. The Morgan fingerprint density at radius 1 is 1.53 bits per heavy atom. The number of carbonyl (C=O) groups is 1. The van der Waals surface area contributed by atoms with Crippen molar-refractivity contribution >= 4 is 5.91 Å². The predicted molar refractivity (Wildman–Crippen MR) is 76.0 cm³/mol. The average molecular weight is 260 g/mol. The Hall–Kier alpha value is -1.99. The zero-order valence-electron chi connectivity index (χ0n) is 11.6. The molecule has 0 heterocycles. The molecule has 19 heavy (non-hydrogen) atoms. The normalized spacial score (nSPS) is 11.5. The van der Waals surface area contributed by atoms with Crippen LogP contribution < -0.4 is 15.4 Å². The molecule has 0 radical (unpaired) electrons. The summed E-state index contributed by atoms with van der Waals surface area (Å²) in [5, 5.41) is 5.73. The van der Waals surface area contributed by atoms with Crippen molar-refractivity contribution in [1.29, 1.82) is 0 Å². The molecular weight excluding hydrogens is 240 g/mol. The van der Waals surface area contributed by atoms with Crippen LogP contribution in [0, 0.1) is 19.3 Å². The summed E-state index contributed by atoms with van der Waals surface area (Å²) in [4.78, 5) is 11.4. The van der Waals surface area contributed by atoms with Gasteiger partial charge in [-0.1, -0.05) is 18.1 Å². The quantitative estimate of drug-likeness (QED) is 0.760. The van der Waals surface area contributed by atoms with Gasteiger partial charge in [0.2, 0.25) is 0 Å². The van der Waals surface area contributed by atoms with E-state index in [9.17, 15) is 4.79 Å². The largest absolute Gasteiger partial charge is 0.484 e. The van der Waals surface area contributed by atoms with E-state index in [4.69, 9.17) is 11.2 Å². The van der Waals surface area contributed by atoms with Crippen LogP contribution in [-0.2, 0) is 4.79 Å². The molecule has 0 aliphatic rings. The van der Waals surface area contributed by atoms with Crippen LogP contribution in [0.1, 0.15) is 24.1 Å². The molecule has 0 saturated carbocycles. The van der Waals surface area contributed by atoms with Crippen LogP contribution >= 0.6 is 0 Å². The molecule has 2 N–H and O–H groups in total. The minimum absolute atomic E-state index is 0.0244. The summed E-state index contributed by atoms with van der Waals surface area (Å²) in [6, 6.07) is 6.21. The van der Waals surface area contributed by atoms with Gasteiger partial charge in [0.25, 0.3) is 5.91 Å². The number of hydrogen-bond donors (Lipinski definition) is 2. The van der Waals surface area contributed by atoms with E-state index in [2.05, 4.69) is 29.5 Å². The Balaban J connectivity index is 2.60. The molecule has 1 unspecified atom stereocenters. The van der Waals surface area contributed by atoms with Gasteiger partial charge in [0.05, 0.1) is 6.54 Å². The van der Waals surface area contributed by atoms with Crippen molar-refractivity contribution in [2.75, 3.05) is 20.2 Å². The Morgan fingerprint density at radius 2 is 2.26 bits per heavy atom. The van der Waals surface area contributed by atoms with Gasteiger partial charge in [-0.2, -0.15) is 0 Å². The molecular formula is C15H20N2O2. The number of aryl methyl sites for hydroxylation is 1. The highest BCUT2D eigenvalue weighted by atomic mass is 16.5. The predicted octanol–water partition coefficient (Wildman–Crippen LogP) is 1.40. The van der Waals surface area contributed by atoms with Gasteiger partial charge >= 0.3 is 0 Å². The van der Waals surface area contributed by atoms with Gasteiger partial charge in [-0.3, -0.25) is 4.79 Å². The summed E-state index contributed by atoms with van der Waals surface area (Å²) in [7, 11) is 1.92. The van der Waals surface area contributed by atoms with E-state index >= 15 is 0 Å². The van der Waals surface area contributed by atoms with Gasteiger partial charge in [0, 0.05) is 6.04 Å². The second kappa shape index (κ2) is 7.45. The number of ether oxygens (including phenoxy) is 1. The first-order chi connectivity index (χ1) is 9.08. The van der Waals surface area contributed by atoms with Gasteiger partial charge in [-0.15, -0.1) is 6.42 Å². The van der Waals surface area contributed by atoms with Crippen molar-refractivity contribution in [2.24, 2.45) is 0 Å². The monoisotopic (exact) mass is 260 g/mol. The maximum atomic E-state index is 11.4. The summed E-state index contributed by atoms with van der Waals surface area (Å²) in [5.41, 5.74) is 2.19. The molecule has 1 aromatic rings. The molecule has 4 heteroatoms. The van der Waals surface area contributed by atoms with E-state index in [0.29, 0.717) is 5.75 Å². The molecule has 1 aromatic carbocycles. The van der Waals surface area contributed by atoms with Crippen LogP contribution in [0.3, 0.4) is 0 Å². The summed E-state index contributed by atoms with van der Waals surface area (Å²) < 4.78 is 5.46. The van der Waals surface area contributed by atoms with Crippen molar-refractivity contribution in [2.45, 2.75) is 19.9 Å². The second-order valence-electron chi connectivity index (χ2n) is 4.30. The highest BCUT2D eigenvalue weighted by Crippen LogP contribution is 2.22. The van der Waals surface area contributed by atoms with Crippen molar-refractivity contribution in [3.05, 3.63) is 29.3 Å². The van der Waals surface area contributed by atoms with Gasteiger partial charge in [-0.05, 0) is 38.1 Å². The Bertz CT molecular complexity index is 478. The van der Waals surface area contributed by atoms with E-state index in [1.54, 1.807) is 0 Å². The highest BCUT2D eigenvalue weighted by molar-refractivity contribution is 5.77. The lowest BCUT2D eigenvalue weighted by Crippen LogP contribution is -2.29. The molecule has 1 rings (SSSR count). The molecule has 4 nitrogen and oxygen atoms in total. The number of carbonyl (C=O) groups excluding carboxylic acids is 1. The minimum atomic E-state index is -0.218. The number of terminal acetylenes is 1. The third-order valence-corrected chi connectivity index (χ3v) is 2.88. The number of amides is 1. The maximum absolute atomic E-state index is 11.4. The Labute approximate surface area is 114 Å². The lowest BCUT2D eigenvalue weighted by atomic mass is 10.1. The van der Waals surface area contributed by atoms with Crippen LogP contribution in [0.4, 0.5) is 0 Å². The average Bonchev–Trinajstić information content (AvgIpc) is 2.42. The summed E-state index contributed by atoms with van der Waals surface area (Å²) in [5.74, 6) is 2.83. The molecule has 0 saturated heterocycles. The van der Waals surface area contributed by atoms with Crippen LogP contribution in [0.25, 0.3) is 0 Å². The molecule has 0 bridgehead atoms. The molecule has 0 fully saturated rings. The van der Waals surface area contributed by atoms with Crippen molar-refractivity contribution in [1.82, 2.24) is 10.6 Å². The zero-order chi connectivity index (χ0) is 14.3. The van der Waals surface area contributed by atoms with Crippen LogP contribution in [-0.4, -0.2) is 26.1 Å².